The number of benzene rings is 2. The van der Waals surface area contributed by atoms with E-state index < -0.39 is 0 Å². The normalized spacial score (nSPS) is 11.6. The van der Waals surface area contributed by atoms with E-state index in [0.29, 0.717) is 5.75 Å². The molecule has 0 aliphatic rings. The standard InChI is InChI=1S/C24H28N4O2/c1-17-22(18(2)28(27-17)20-9-7-6-8-10-20)15-25-26-23(29)16-30-21-13-11-19(12-14-21)24(3,4)5/h6-15H,16H2,1-5H3,(H,26,29)/b25-15-. The molecule has 0 saturated carbocycles. The average molecular weight is 405 g/mol. The average Bonchev–Trinajstić information content (AvgIpc) is 3.01. The maximum atomic E-state index is 12.1. The van der Waals surface area contributed by atoms with Gasteiger partial charge in [0.05, 0.1) is 23.3 Å². The van der Waals surface area contributed by atoms with E-state index >= 15 is 0 Å². The summed E-state index contributed by atoms with van der Waals surface area (Å²) in [4.78, 5) is 12.1. The summed E-state index contributed by atoms with van der Waals surface area (Å²) in [6.45, 7) is 10.2. The zero-order valence-electron chi connectivity index (χ0n) is 18.1. The van der Waals surface area contributed by atoms with Gasteiger partial charge in [0.2, 0.25) is 0 Å². The number of carbonyl (C=O) groups excluding carboxylic acids is 1. The molecule has 0 bridgehead atoms. The van der Waals surface area contributed by atoms with E-state index in [1.807, 2.05) is 73.1 Å². The summed E-state index contributed by atoms with van der Waals surface area (Å²) >= 11 is 0. The monoisotopic (exact) mass is 404 g/mol. The van der Waals surface area contributed by atoms with Crippen molar-refractivity contribution in [2.24, 2.45) is 5.10 Å². The summed E-state index contributed by atoms with van der Waals surface area (Å²) in [5.41, 5.74) is 7.44. The van der Waals surface area contributed by atoms with Gasteiger partial charge in [-0.3, -0.25) is 4.79 Å². The fourth-order valence-corrected chi connectivity index (χ4v) is 3.06. The number of ether oxygens (including phenoxy) is 1. The van der Waals surface area contributed by atoms with Crippen molar-refractivity contribution in [3.05, 3.63) is 77.1 Å². The van der Waals surface area contributed by atoms with Crippen LogP contribution in [-0.4, -0.2) is 28.5 Å². The molecule has 0 spiro atoms. The lowest BCUT2D eigenvalue weighted by Crippen LogP contribution is -2.24. The first-order chi connectivity index (χ1) is 14.3. The predicted octanol–water partition coefficient (Wildman–Crippen LogP) is 4.32. The van der Waals surface area contributed by atoms with Gasteiger partial charge < -0.3 is 4.74 Å². The third-order valence-electron chi connectivity index (χ3n) is 4.82. The van der Waals surface area contributed by atoms with Crippen LogP contribution in [0.15, 0.2) is 59.7 Å². The Morgan fingerprint density at radius 2 is 1.77 bits per heavy atom. The first kappa shape index (κ1) is 21.3. The summed E-state index contributed by atoms with van der Waals surface area (Å²) in [6, 6.07) is 17.7. The Morgan fingerprint density at radius 1 is 1.10 bits per heavy atom. The number of hydrogen-bond acceptors (Lipinski definition) is 4. The Morgan fingerprint density at radius 3 is 2.40 bits per heavy atom. The van der Waals surface area contributed by atoms with Crippen LogP contribution in [0.25, 0.3) is 5.69 Å². The third kappa shape index (κ3) is 5.14. The highest BCUT2D eigenvalue weighted by Gasteiger charge is 2.13. The second kappa shape index (κ2) is 8.95. The zero-order valence-corrected chi connectivity index (χ0v) is 18.1. The summed E-state index contributed by atoms with van der Waals surface area (Å²) in [5.74, 6) is 0.329. The van der Waals surface area contributed by atoms with Crippen molar-refractivity contribution in [1.82, 2.24) is 15.2 Å². The fourth-order valence-electron chi connectivity index (χ4n) is 3.06. The number of nitrogens with one attached hydrogen (secondary N) is 1. The molecule has 0 fully saturated rings. The summed E-state index contributed by atoms with van der Waals surface area (Å²) < 4.78 is 7.41. The van der Waals surface area contributed by atoms with E-state index in [0.717, 1.165) is 22.6 Å². The maximum absolute atomic E-state index is 12.1. The lowest BCUT2D eigenvalue weighted by atomic mass is 9.87. The highest BCUT2D eigenvalue weighted by atomic mass is 16.5. The van der Waals surface area contributed by atoms with Gasteiger partial charge in [0, 0.05) is 5.56 Å². The number of aryl methyl sites for hydroxylation is 1. The zero-order chi connectivity index (χ0) is 21.7. The van der Waals surface area contributed by atoms with Gasteiger partial charge in [0.1, 0.15) is 5.75 Å². The van der Waals surface area contributed by atoms with E-state index in [4.69, 9.17) is 4.74 Å². The molecule has 6 heteroatoms. The summed E-state index contributed by atoms with van der Waals surface area (Å²) in [5, 5.41) is 8.64. The van der Waals surface area contributed by atoms with Crippen molar-refractivity contribution >= 4 is 12.1 Å². The number of hydrogen-bond donors (Lipinski definition) is 1. The molecule has 1 amide bonds. The number of amides is 1. The smallest absolute Gasteiger partial charge is 0.277 e. The van der Waals surface area contributed by atoms with Gasteiger partial charge in [-0.15, -0.1) is 0 Å². The van der Waals surface area contributed by atoms with Crippen LogP contribution in [0.5, 0.6) is 5.75 Å². The minimum Gasteiger partial charge on any atom is -0.484 e. The molecule has 1 N–H and O–H groups in total. The van der Waals surface area contributed by atoms with Crippen molar-refractivity contribution in [1.29, 1.82) is 0 Å². The fraction of sp³-hybridized carbons (Fsp3) is 0.292. The van der Waals surface area contributed by atoms with Crippen molar-refractivity contribution in [2.45, 2.75) is 40.0 Å². The lowest BCUT2D eigenvalue weighted by Gasteiger charge is -2.19. The topological polar surface area (TPSA) is 68.5 Å². The van der Waals surface area contributed by atoms with Crippen molar-refractivity contribution in [3.8, 4) is 11.4 Å². The predicted molar refractivity (Wildman–Crippen MR) is 119 cm³/mol. The van der Waals surface area contributed by atoms with Crippen molar-refractivity contribution < 1.29 is 9.53 Å². The largest absolute Gasteiger partial charge is 0.484 e. The molecular formula is C24H28N4O2. The van der Waals surface area contributed by atoms with Gasteiger partial charge in [-0.05, 0) is 49.1 Å². The van der Waals surface area contributed by atoms with Crippen LogP contribution in [0.1, 0.15) is 43.3 Å². The Labute approximate surface area is 177 Å². The van der Waals surface area contributed by atoms with Gasteiger partial charge in [-0.25, -0.2) is 10.1 Å². The molecule has 0 atom stereocenters. The quantitative estimate of drug-likeness (QED) is 0.491. The Balaban J connectivity index is 1.57. The molecule has 3 rings (SSSR count). The number of nitrogens with zero attached hydrogens (tertiary/aromatic N) is 3. The maximum Gasteiger partial charge on any atom is 0.277 e. The Kier molecular flexibility index (Phi) is 6.35. The summed E-state index contributed by atoms with van der Waals surface area (Å²) in [7, 11) is 0. The van der Waals surface area contributed by atoms with E-state index in [1.165, 1.54) is 5.56 Å². The van der Waals surface area contributed by atoms with E-state index in [9.17, 15) is 4.79 Å². The minimum absolute atomic E-state index is 0.0786. The van der Waals surface area contributed by atoms with Crippen LogP contribution in [0, 0.1) is 13.8 Å². The van der Waals surface area contributed by atoms with Crippen molar-refractivity contribution in [2.75, 3.05) is 6.61 Å². The molecule has 0 aliphatic heterocycles. The molecule has 0 unspecified atom stereocenters. The molecule has 6 nitrogen and oxygen atoms in total. The van der Waals surface area contributed by atoms with Gasteiger partial charge in [0.15, 0.2) is 6.61 Å². The number of para-hydroxylation sites is 1. The number of aromatic nitrogens is 2. The van der Waals surface area contributed by atoms with Crippen LogP contribution in [0.4, 0.5) is 0 Å². The van der Waals surface area contributed by atoms with Gasteiger partial charge >= 0.3 is 0 Å². The van der Waals surface area contributed by atoms with Crippen molar-refractivity contribution in [3.63, 3.8) is 0 Å². The molecule has 1 aromatic heterocycles. The molecule has 0 radical (unpaired) electrons. The Bertz CT molecular complexity index is 1030. The molecule has 3 aromatic rings. The van der Waals surface area contributed by atoms with Crippen LogP contribution in [-0.2, 0) is 10.2 Å². The third-order valence-corrected chi connectivity index (χ3v) is 4.82. The van der Waals surface area contributed by atoms with Crippen LogP contribution >= 0.6 is 0 Å². The number of rotatable bonds is 6. The van der Waals surface area contributed by atoms with Crippen LogP contribution < -0.4 is 10.2 Å². The molecule has 1 heterocycles. The minimum atomic E-state index is -0.322. The van der Waals surface area contributed by atoms with E-state index in [1.54, 1.807) is 6.21 Å². The summed E-state index contributed by atoms with van der Waals surface area (Å²) in [6.07, 6.45) is 1.62. The number of hydrazone groups is 1. The highest BCUT2D eigenvalue weighted by molar-refractivity contribution is 5.85. The second-order valence-electron chi connectivity index (χ2n) is 8.19. The van der Waals surface area contributed by atoms with Gasteiger partial charge in [-0.2, -0.15) is 10.2 Å². The van der Waals surface area contributed by atoms with Gasteiger partial charge in [0.25, 0.3) is 5.91 Å². The Hall–Kier alpha value is -3.41. The molecule has 156 valence electrons. The number of carbonyl (C=O) groups is 1. The molecule has 2 aromatic carbocycles. The SMILES string of the molecule is Cc1nn(-c2ccccc2)c(C)c1/C=N\NC(=O)COc1ccc(C(C)(C)C)cc1. The van der Waals surface area contributed by atoms with Crippen LogP contribution in [0.2, 0.25) is 0 Å². The molecule has 0 saturated heterocycles. The molecule has 30 heavy (non-hydrogen) atoms. The second-order valence-corrected chi connectivity index (χ2v) is 8.19. The van der Waals surface area contributed by atoms with E-state index in [-0.39, 0.29) is 17.9 Å². The van der Waals surface area contributed by atoms with Crippen LogP contribution in [0.3, 0.4) is 0 Å². The van der Waals surface area contributed by atoms with Gasteiger partial charge in [-0.1, -0.05) is 51.1 Å². The highest BCUT2D eigenvalue weighted by Crippen LogP contribution is 2.24. The molecular weight excluding hydrogens is 376 g/mol. The van der Waals surface area contributed by atoms with E-state index in [2.05, 4.69) is 36.4 Å². The molecule has 0 aliphatic carbocycles. The first-order valence-corrected chi connectivity index (χ1v) is 9.92. The lowest BCUT2D eigenvalue weighted by molar-refractivity contribution is -0.123. The first-order valence-electron chi connectivity index (χ1n) is 9.92.